The molecule has 3 aromatic rings. The molecule has 0 unspecified atom stereocenters. The largest absolute Gasteiger partial charge is 0.319 e. The maximum absolute atomic E-state index is 12.8. The van der Waals surface area contributed by atoms with Crippen LogP contribution >= 0.6 is 11.8 Å². The van der Waals surface area contributed by atoms with E-state index in [9.17, 15) is 8.78 Å². The summed E-state index contributed by atoms with van der Waals surface area (Å²) < 4.78 is 28.3. The fourth-order valence-electron chi connectivity index (χ4n) is 2.26. The lowest BCUT2D eigenvalue weighted by molar-refractivity contribution is 0.0678. The molecule has 3 rings (SSSR count). The Kier molecular flexibility index (Phi) is 4.42. The van der Waals surface area contributed by atoms with Crippen molar-refractivity contribution >= 4 is 11.8 Å². The van der Waals surface area contributed by atoms with Gasteiger partial charge >= 0.3 is 6.55 Å². The van der Waals surface area contributed by atoms with E-state index in [0.717, 1.165) is 21.5 Å². The van der Waals surface area contributed by atoms with E-state index in [4.69, 9.17) is 0 Å². The van der Waals surface area contributed by atoms with Crippen LogP contribution in [0.4, 0.5) is 8.78 Å². The van der Waals surface area contributed by atoms with Crippen LogP contribution < -0.4 is 0 Å². The predicted octanol–water partition coefficient (Wildman–Crippen LogP) is 3.67. The number of hydrogen-bond acceptors (Lipinski definition) is 4. The van der Waals surface area contributed by atoms with Gasteiger partial charge < -0.3 is 4.57 Å². The van der Waals surface area contributed by atoms with Crippen LogP contribution in [0.1, 0.15) is 17.9 Å². The van der Waals surface area contributed by atoms with Crippen molar-refractivity contribution in [3.63, 3.8) is 0 Å². The first-order valence-electron chi connectivity index (χ1n) is 6.96. The van der Waals surface area contributed by atoms with E-state index >= 15 is 0 Å². The zero-order chi connectivity index (χ0) is 16.4. The highest BCUT2D eigenvalue weighted by Crippen LogP contribution is 2.27. The maximum atomic E-state index is 12.8. The number of aryl methyl sites for hydroxylation is 1. The first-order valence-corrected chi connectivity index (χ1v) is 7.94. The van der Waals surface area contributed by atoms with Gasteiger partial charge in [0.25, 0.3) is 0 Å². The first kappa shape index (κ1) is 15.7. The molecule has 120 valence electrons. The highest BCUT2D eigenvalue weighted by molar-refractivity contribution is 7.98. The second kappa shape index (κ2) is 6.49. The van der Waals surface area contributed by atoms with Gasteiger partial charge in [-0.2, -0.15) is 8.78 Å². The Bertz CT molecular complexity index is 812. The molecule has 5 nitrogen and oxygen atoms in total. The van der Waals surface area contributed by atoms with Crippen molar-refractivity contribution in [3.8, 4) is 11.4 Å². The van der Waals surface area contributed by atoms with E-state index in [1.54, 1.807) is 0 Å². The van der Waals surface area contributed by atoms with Crippen molar-refractivity contribution in [1.82, 2.24) is 24.3 Å². The average Bonchev–Trinajstić information content (AvgIpc) is 3.13. The molecule has 0 N–H and O–H groups in total. The number of thioether (sulfide) groups is 1. The number of imidazole rings is 1. The van der Waals surface area contributed by atoms with Gasteiger partial charge in [-0.1, -0.05) is 36.0 Å². The van der Waals surface area contributed by atoms with Crippen molar-refractivity contribution in [2.75, 3.05) is 0 Å². The number of benzene rings is 1. The number of hydrogen-bond donors (Lipinski definition) is 0. The summed E-state index contributed by atoms with van der Waals surface area (Å²) in [6.07, 6.45) is 2.65. The van der Waals surface area contributed by atoms with Gasteiger partial charge in [0.15, 0.2) is 11.0 Å². The molecule has 8 heteroatoms. The zero-order valence-electron chi connectivity index (χ0n) is 12.6. The number of alkyl halides is 2. The Labute approximate surface area is 136 Å². The molecule has 0 fully saturated rings. The third kappa shape index (κ3) is 3.12. The van der Waals surface area contributed by atoms with Crippen molar-refractivity contribution < 1.29 is 8.78 Å². The molecule has 23 heavy (non-hydrogen) atoms. The molecule has 2 heterocycles. The highest BCUT2D eigenvalue weighted by atomic mass is 32.2. The van der Waals surface area contributed by atoms with Gasteiger partial charge in [0, 0.05) is 25.0 Å². The van der Waals surface area contributed by atoms with Gasteiger partial charge in [0.05, 0.1) is 5.75 Å². The van der Waals surface area contributed by atoms with Crippen LogP contribution in [0, 0.1) is 6.92 Å². The molecule has 0 aliphatic rings. The molecule has 0 saturated carbocycles. The lowest BCUT2D eigenvalue weighted by Crippen LogP contribution is -2.03. The van der Waals surface area contributed by atoms with Crippen molar-refractivity contribution in [2.24, 2.45) is 7.05 Å². The fourth-order valence-corrected chi connectivity index (χ4v) is 3.12. The van der Waals surface area contributed by atoms with E-state index in [1.165, 1.54) is 24.2 Å². The van der Waals surface area contributed by atoms with Crippen LogP contribution in [0.5, 0.6) is 0 Å². The quantitative estimate of drug-likeness (QED) is 0.668. The molecule has 0 saturated heterocycles. The fraction of sp³-hybridized carbons (Fsp3) is 0.267. The van der Waals surface area contributed by atoms with Crippen LogP contribution in [-0.2, 0) is 12.8 Å². The average molecular weight is 335 g/mol. The van der Waals surface area contributed by atoms with Crippen molar-refractivity contribution in [2.45, 2.75) is 24.4 Å². The summed E-state index contributed by atoms with van der Waals surface area (Å²) in [6.45, 7) is -0.578. The molecular formula is C15H15F2N5S. The molecule has 0 radical (unpaired) electrons. The Morgan fingerprint density at radius 3 is 2.74 bits per heavy atom. The third-order valence-electron chi connectivity index (χ3n) is 3.51. The summed E-state index contributed by atoms with van der Waals surface area (Å²) >= 11 is 1.33. The SMILES string of the molecule is Cc1ccccc1-c1nnc(SCc2nccn2C(F)F)n1C. The summed E-state index contributed by atoms with van der Waals surface area (Å²) in [7, 11) is 1.86. The van der Waals surface area contributed by atoms with Crippen LogP contribution in [0.3, 0.4) is 0 Å². The van der Waals surface area contributed by atoms with Gasteiger partial charge in [-0.25, -0.2) is 4.98 Å². The Balaban J connectivity index is 1.80. The standard InChI is InChI=1S/C15H15F2N5S/c1-10-5-3-4-6-11(10)13-19-20-15(21(13)2)23-9-12-18-7-8-22(12)14(16)17/h3-8,14H,9H2,1-2H3. The Hall–Kier alpha value is -2.22. The van der Waals surface area contributed by atoms with Crippen LogP contribution in [0.25, 0.3) is 11.4 Å². The van der Waals surface area contributed by atoms with Gasteiger partial charge in [-0.15, -0.1) is 10.2 Å². The smallest absolute Gasteiger partial charge is 0.305 e. The van der Waals surface area contributed by atoms with E-state index in [-0.39, 0.29) is 0 Å². The van der Waals surface area contributed by atoms with Crippen molar-refractivity contribution in [1.29, 1.82) is 0 Å². The third-order valence-corrected chi connectivity index (χ3v) is 4.53. The zero-order valence-corrected chi connectivity index (χ0v) is 13.5. The van der Waals surface area contributed by atoms with E-state index < -0.39 is 6.55 Å². The monoisotopic (exact) mass is 335 g/mol. The summed E-state index contributed by atoms with van der Waals surface area (Å²) in [6, 6.07) is 7.91. The molecule has 0 aliphatic heterocycles. The lowest BCUT2D eigenvalue weighted by Gasteiger charge is -2.07. The number of aromatic nitrogens is 5. The normalized spacial score (nSPS) is 11.3. The molecule has 0 amide bonds. The Morgan fingerprint density at radius 2 is 2.00 bits per heavy atom. The van der Waals surface area contributed by atoms with Gasteiger partial charge in [-0.05, 0) is 12.5 Å². The minimum Gasteiger partial charge on any atom is -0.305 e. The van der Waals surface area contributed by atoms with E-state index in [1.807, 2.05) is 42.8 Å². The Morgan fingerprint density at radius 1 is 1.22 bits per heavy atom. The molecule has 2 aromatic heterocycles. The van der Waals surface area contributed by atoms with Gasteiger partial charge in [-0.3, -0.25) is 4.57 Å². The molecule has 1 aromatic carbocycles. The minimum atomic E-state index is -2.59. The second-order valence-electron chi connectivity index (χ2n) is 5.00. The molecule has 0 atom stereocenters. The second-order valence-corrected chi connectivity index (χ2v) is 5.94. The van der Waals surface area contributed by atoms with Crippen LogP contribution in [0.15, 0.2) is 41.8 Å². The molecule has 0 spiro atoms. The van der Waals surface area contributed by atoms with E-state index in [0.29, 0.717) is 16.7 Å². The maximum Gasteiger partial charge on any atom is 0.319 e. The summed E-state index contributed by atoms with van der Waals surface area (Å²) in [5.74, 6) is 1.37. The van der Waals surface area contributed by atoms with E-state index in [2.05, 4.69) is 15.2 Å². The number of nitrogens with zero attached hydrogens (tertiary/aromatic N) is 5. The van der Waals surface area contributed by atoms with Crippen LogP contribution in [-0.4, -0.2) is 24.3 Å². The predicted molar refractivity (Wildman–Crippen MR) is 84.2 cm³/mol. The number of halogens is 2. The first-order chi connectivity index (χ1) is 11.1. The van der Waals surface area contributed by atoms with Crippen LogP contribution in [0.2, 0.25) is 0 Å². The summed E-state index contributed by atoms with van der Waals surface area (Å²) in [5, 5.41) is 9.04. The highest BCUT2D eigenvalue weighted by Gasteiger charge is 2.15. The van der Waals surface area contributed by atoms with Gasteiger partial charge in [0.1, 0.15) is 5.82 Å². The number of rotatable bonds is 5. The van der Waals surface area contributed by atoms with Crippen molar-refractivity contribution in [3.05, 3.63) is 48.0 Å². The van der Waals surface area contributed by atoms with Gasteiger partial charge in [0.2, 0.25) is 0 Å². The molecule has 0 bridgehead atoms. The summed E-state index contributed by atoms with van der Waals surface area (Å²) in [4.78, 5) is 3.97. The molecule has 0 aliphatic carbocycles. The lowest BCUT2D eigenvalue weighted by atomic mass is 10.1. The molecular weight excluding hydrogens is 320 g/mol. The summed E-state index contributed by atoms with van der Waals surface area (Å²) in [5.41, 5.74) is 2.11. The minimum absolute atomic E-state index is 0.303. The topological polar surface area (TPSA) is 48.5 Å².